The summed E-state index contributed by atoms with van der Waals surface area (Å²) in [5.74, 6) is 0.840. The predicted molar refractivity (Wildman–Crippen MR) is 127 cm³/mol. The van der Waals surface area contributed by atoms with E-state index in [0.29, 0.717) is 36.7 Å². The molecule has 7 heteroatoms. The van der Waals surface area contributed by atoms with Crippen molar-refractivity contribution in [2.24, 2.45) is 4.99 Å². The molecule has 2 aromatic carbocycles. The fraction of sp³-hybridized carbons (Fsp3) is 0.440. The molecule has 1 aliphatic carbocycles. The monoisotopic (exact) mass is 433 g/mol. The summed E-state index contributed by atoms with van der Waals surface area (Å²) in [6.45, 7) is 7.28. The van der Waals surface area contributed by atoms with Gasteiger partial charge in [0.15, 0.2) is 5.96 Å². The lowest BCUT2D eigenvalue weighted by atomic mass is 9.87. The summed E-state index contributed by atoms with van der Waals surface area (Å²) in [5.41, 5.74) is 5.02. The fourth-order valence-corrected chi connectivity index (χ4v) is 4.45. The third kappa shape index (κ3) is 4.36. The van der Waals surface area contributed by atoms with Crippen LogP contribution in [0.4, 0.5) is 11.4 Å². The molecule has 0 bridgehead atoms. The Kier molecular flexibility index (Phi) is 5.61. The summed E-state index contributed by atoms with van der Waals surface area (Å²) in [7, 11) is 0. The first kappa shape index (κ1) is 21.0. The van der Waals surface area contributed by atoms with Gasteiger partial charge in [-0.25, -0.2) is 0 Å². The second kappa shape index (κ2) is 8.56. The molecule has 0 aromatic heterocycles. The quantitative estimate of drug-likeness (QED) is 0.536. The number of carbonyl (C=O) groups excluding carboxylic acids is 1. The third-order valence-electron chi connectivity index (χ3n) is 6.19. The van der Waals surface area contributed by atoms with Crippen LogP contribution in [-0.2, 0) is 10.3 Å². The first-order valence-corrected chi connectivity index (χ1v) is 11.5. The van der Waals surface area contributed by atoms with E-state index in [1.807, 2.05) is 18.2 Å². The minimum absolute atomic E-state index is 0.122. The number of anilines is 2. The zero-order chi connectivity index (χ0) is 22.1. The van der Waals surface area contributed by atoms with Crippen LogP contribution in [0.5, 0.6) is 0 Å². The molecule has 3 fully saturated rings. The topological polar surface area (TPSA) is 86.8 Å². The van der Waals surface area contributed by atoms with Crippen LogP contribution in [0.25, 0.3) is 0 Å². The number of carbonyl (C=O) groups is 1. The number of nitrogens with zero attached hydrogens (tertiary/aromatic N) is 1. The summed E-state index contributed by atoms with van der Waals surface area (Å²) < 4.78 is 5.56. The van der Waals surface area contributed by atoms with Crippen LogP contribution in [0, 0.1) is 0 Å². The lowest BCUT2D eigenvalue weighted by Gasteiger charge is -2.44. The summed E-state index contributed by atoms with van der Waals surface area (Å²) in [6.07, 6.45) is 2.31. The highest BCUT2D eigenvalue weighted by Gasteiger charge is 2.40. The Labute approximate surface area is 189 Å². The second-order valence-corrected chi connectivity index (χ2v) is 9.28. The lowest BCUT2D eigenvalue weighted by molar-refractivity contribution is -0.0822. The third-order valence-corrected chi connectivity index (χ3v) is 6.19. The average Bonchev–Trinajstić information content (AvgIpc) is 3.47. The van der Waals surface area contributed by atoms with Crippen molar-refractivity contribution in [1.82, 2.24) is 16.0 Å². The highest BCUT2D eigenvalue weighted by molar-refractivity contribution is 6.03. The number of ether oxygens (including phenoxy) is 1. The van der Waals surface area contributed by atoms with E-state index >= 15 is 0 Å². The Morgan fingerprint density at radius 1 is 1.12 bits per heavy atom. The Bertz CT molecular complexity index is 1030. The van der Waals surface area contributed by atoms with Gasteiger partial charge in [-0.3, -0.25) is 4.79 Å². The molecular formula is C25H31N5O2. The molecule has 0 unspecified atom stereocenters. The Hall–Kier alpha value is -2.90. The van der Waals surface area contributed by atoms with E-state index in [0.717, 1.165) is 37.3 Å². The number of guanidine groups is 1. The number of hydrogen-bond acceptors (Lipinski definition) is 4. The predicted octanol–water partition coefficient (Wildman–Crippen LogP) is 3.22. The molecule has 2 aromatic rings. The second-order valence-electron chi connectivity index (χ2n) is 9.28. The molecule has 168 valence electrons. The normalized spacial score (nSPS) is 19.2. The summed E-state index contributed by atoms with van der Waals surface area (Å²) >= 11 is 0. The molecule has 0 spiro atoms. The number of benzene rings is 2. The standard InChI is InChI=1S/C25H31N5O2/c1-16(2)30-25(14-32-15-25)19-4-3-5-20(13-19)28-22-9-8-18(12-21(22)17-6-7-17)23(31)29-24-26-10-11-27-24/h3-5,8-9,12-13,16-17,28,30H,6-7,10-11,14-15H2,1-2H3,(H2,26,27,29,31). The average molecular weight is 434 g/mol. The molecule has 2 aliphatic heterocycles. The van der Waals surface area contributed by atoms with Crippen LogP contribution < -0.4 is 21.3 Å². The van der Waals surface area contributed by atoms with Gasteiger partial charge in [0.05, 0.1) is 18.8 Å². The maximum absolute atomic E-state index is 12.6. The van der Waals surface area contributed by atoms with Crippen molar-refractivity contribution in [3.05, 3.63) is 59.2 Å². The lowest BCUT2D eigenvalue weighted by Crippen LogP contribution is -2.59. The number of rotatable bonds is 7. The van der Waals surface area contributed by atoms with Crippen LogP contribution in [0.3, 0.4) is 0 Å². The van der Waals surface area contributed by atoms with Gasteiger partial charge in [-0.05, 0) is 74.1 Å². The maximum Gasteiger partial charge on any atom is 0.280 e. The molecule has 1 saturated carbocycles. The molecule has 4 N–H and O–H groups in total. The molecule has 3 aliphatic rings. The molecule has 32 heavy (non-hydrogen) atoms. The zero-order valence-corrected chi connectivity index (χ0v) is 18.7. The van der Waals surface area contributed by atoms with E-state index in [9.17, 15) is 4.79 Å². The smallest absolute Gasteiger partial charge is 0.280 e. The maximum atomic E-state index is 12.6. The van der Waals surface area contributed by atoms with Gasteiger partial charge in [-0.15, -0.1) is 0 Å². The minimum Gasteiger partial charge on any atom is -0.377 e. The summed E-state index contributed by atoms with van der Waals surface area (Å²) in [6, 6.07) is 14.8. The molecular weight excluding hydrogens is 402 g/mol. The van der Waals surface area contributed by atoms with Crippen molar-refractivity contribution < 1.29 is 9.53 Å². The van der Waals surface area contributed by atoms with Crippen molar-refractivity contribution in [2.45, 2.75) is 44.2 Å². The van der Waals surface area contributed by atoms with Gasteiger partial charge in [-0.1, -0.05) is 12.1 Å². The summed E-state index contributed by atoms with van der Waals surface area (Å²) in [5, 5.41) is 13.4. The van der Waals surface area contributed by atoms with E-state index < -0.39 is 0 Å². The molecule has 0 atom stereocenters. The highest BCUT2D eigenvalue weighted by atomic mass is 16.5. The Balaban J connectivity index is 1.39. The van der Waals surface area contributed by atoms with Crippen LogP contribution in [0.1, 0.15) is 54.1 Å². The van der Waals surface area contributed by atoms with Gasteiger partial charge in [0.25, 0.3) is 5.91 Å². The number of hydrogen-bond donors (Lipinski definition) is 4. The minimum atomic E-state index is -0.218. The molecule has 7 nitrogen and oxygen atoms in total. The van der Waals surface area contributed by atoms with E-state index in [4.69, 9.17) is 4.74 Å². The molecule has 1 amide bonds. The van der Waals surface area contributed by atoms with E-state index in [-0.39, 0.29) is 11.4 Å². The van der Waals surface area contributed by atoms with Crippen molar-refractivity contribution in [2.75, 3.05) is 31.6 Å². The van der Waals surface area contributed by atoms with Crippen LogP contribution in [0.2, 0.25) is 0 Å². The van der Waals surface area contributed by atoms with Gasteiger partial charge in [0.2, 0.25) is 0 Å². The first-order valence-electron chi connectivity index (χ1n) is 11.5. The van der Waals surface area contributed by atoms with E-state index in [2.05, 4.69) is 64.4 Å². The van der Waals surface area contributed by atoms with E-state index in [1.165, 1.54) is 11.1 Å². The largest absolute Gasteiger partial charge is 0.377 e. The molecule has 5 rings (SSSR count). The fourth-order valence-electron chi connectivity index (χ4n) is 4.45. The van der Waals surface area contributed by atoms with Crippen LogP contribution in [0.15, 0.2) is 47.5 Å². The van der Waals surface area contributed by atoms with Gasteiger partial charge < -0.3 is 26.0 Å². The highest BCUT2D eigenvalue weighted by Crippen LogP contribution is 2.44. The van der Waals surface area contributed by atoms with Crippen LogP contribution >= 0.6 is 0 Å². The van der Waals surface area contributed by atoms with Gasteiger partial charge >= 0.3 is 0 Å². The van der Waals surface area contributed by atoms with Gasteiger partial charge in [0, 0.05) is 36.1 Å². The van der Waals surface area contributed by atoms with Gasteiger partial charge in [0.1, 0.15) is 0 Å². The van der Waals surface area contributed by atoms with Crippen molar-refractivity contribution in [3.8, 4) is 0 Å². The molecule has 2 saturated heterocycles. The number of aliphatic imine (C=N–C) groups is 1. The van der Waals surface area contributed by atoms with Crippen molar-refractivity contribution in [1.29, 1.82) is 0 Å². The van der Waals surface area contributed by atoms with Crippen molar-refractivity contribution >= 4 is 23.2 Å². The zero-order valence-electron chi connectivity index (χ0n) is 18.7. The van der Waals surface area contributed by atoms with Gasteiger partial charge in [-0.2, -0.15) is 4.99 Å². The van der Waals surface area contributed by atoms with E-state index in [1.54, 1.807) is 0 Å². The summed E-state index contributed by atoms with van der Waals surface area (Å²) in [4.78, 5) is 16.8. The van der Waals surface area contributed by atoms with Crippen LogP contribution in [-0.4, -0.2) is 44.2 Å². The SMILES string of the molecule is CC(C)NC1(c2cccc(Nc3ccc(C(=O)N=C4NCCN4)cc3C3CC3)c2)COC1. The number of amides is 1. The first-order chi connectivity index (χ1) is 15.5. The number of nitrogens with one attached hydrogen (secondary N) is 4. The van der Waals surface area contributed by atoms with Crippen molar-refractivity contribution in [3.63, 3.8) is 0 Å². The molecule has 0 radical (unpaired) electrons. The molecule has 2 heterocycles. The Morgan fingerprint density at radius 3 is 2.56 bits per heavy atom. The Morgan fingerprint density at radius 2 is 1.91 bits per heavy atom.